The standard InChI is InChI=1S/C16H19N3O4S/c1-19-15(21)12(14(20)18-16(19)24)13-9-7-11(23-3)10(22-2)6-8(9)4-5-17-13/h6-7,13,17,21H,4-5H2,1-3H3,(H,18,20,24). The van der Waals surface area contributed by atoms with Gasteiger partial charge in [-0.3, -0.25) is 14.3 Å². The molecular formula is C16H19N3O4S. The molecule has 1 aliphatic rings. The maximum atomic E-state index is 12.4. The van der Waals surface area contributed by atoms with Crippen LogP contribution in [0.3, 0.4) is 0 Å². The average Bonchev–Trinajstić information content (AvgIpc) is 2.58. The molecule has 0 saturated carbocycles. The summed E-state index contributed by atoms with van der Waals surface area (Å²) in [6, 6.07) is 3.29. The lowest BCUT2D eigenvalue weighted by atomic mass is 9.90. The molecule has 0 radical (unpaired) electrons. The number of ether oxygens (including phenoxy) is 2. The molecule has 1 unspecified atom stereocenters. The van der Waals surface area contributed by atoms with E-state index >= 15 is 0 Å². The number of H-pyrrole nitrogens is 1. The molecular weight excluding hydrogens is 330 g/mol. The van der Waals surface area contributed by atoms with Gasteiger partial charge < -0.3 is 19.9 Å². The highest BCUT2D eigenvalue weighted by molar-refractivity contribution is 7.71. The Bertz CT molecular complexity index is 903. The second-order valence-electron chi connectivity index (χ2n) is 5.60. The number of aromatic hydroxyl groups is 1. The molecule has 2 heterocycles. The number of rotatable bonds is 3. The van der Waals surface area contributed by atoms with Gasteiger partial charge in [-0.25, -0.2) is 0 Å². The van der Waals surface area contributed by atoms with Gasteiger partial charge in [0.1, 0.15) is 0 Å². The Balaban J connectivity index is 2.23. The van der Waals surface area contributed by atoms with Gasteiger partial charge in [0, 0.05) is 13.6 Å². The van der Waals surface area contributed by atoms with Gasteiger partial charge in [-0.1, -0.05) is 0 Å². The van der Waals surface area contributed by atoms with Gasteiger partial charge in [0.2, 0.25) is 5.88 Å². The van der Waals surface area contributed by atoms with E-state index in [0.717, 1.165) is 17.5 Å². The van der Waals surface area contributed by atoms with Crippen molar-refractivity contribution in [1.29, 1.82) is 0 Å². The largest absolute Gasteiger partial charge is 0.494 e. The molecule has 3 N–H and O–H groups in total. The minimum Gasteiger partial charge on any atom is -0.494 e. The third kappa shape index (κ3) is 2.57. The maximum Gasteiger partial charge on any atom is 0.260 e. The van der Waals surface area contributed by atoms with Gasteiger partial charge in [0.25, 0.3) is 5.56 Å². The number of aromatic nitrogens is 2. The van der Waals surface area contributed by atoms with E-state index in [1.54, 1.807) is 21.3 Å². The average molecular weight is 349 g/mol. The van der Waals surface area contributed by atoms with Crippen molar-refractivity contribution >= 4 is 12.2 Å². The predicted octanol–water partition coefficient (Wildman–Crippen LogP) is 1.40. The zero-order valence-electron chi connectivity index (χ0n) is 13.7. The number of methoxy groups -OCH3 is 2. The van der Waals surface area contributed by atoms with Crippen LogP contribution < -0.4 is 20.3 Å². The molecule has 0 aliphatic carbocycles. The van der Waals surface area contributed by atoms with Gasteiger partial charge in [0.15, 0.2) is 16.3 Å². The van der Waals surface area contributed by atoms with Gasteiger partial charge in [-0.15, -0.1) is 0 Å². The Morgan fingerprint density at radius 3 is 2.62 bits per heavy atom. The summed E-state index contributed by atoms with van der Waals surface area (Å²) in [6.07, 6.45) is 0.788. The Labute approximate surface area is 143 Å². The summed E-state index contributed by atoms with van der Waals surface area (Å²) in [7, 11) is 4.75. The molecule has 0 amide bonds. The SMILES string of the molecule is COc1cc2c(cc1OC)C(c1c(O)n(C)c(=S)[nH]c1=O)NCC2. The molecule has 128 valence electrons. The Morgan fingerprint density at radius 2 is 1.96 bits per heavy atom. The smallest absolute Gasteiger partial charge is 0.260 e. The quantitative estimate of drug-likeness (QED) is 0.726. The lowest BCUT2D eigenvalue weighted by Gasteiger charge is -2.28. The van der Waals surface area contributed by atoms with E-state index in [2.05, 4.69) is 10.3 Å². The maximum absolute atomic E-state index is 12.4. The van der Waals surface area contributed by atoms with Crippen LogP contribution in [-0.2, 0) is 13.5 Å². The van der Waals surface area contributed by atoms with E-state index in [1.165, 1.54) is 4.57 Å². The van der Waals surface area contributed by atoms with Crippen LogP contribution in [0.25, 0.3) is 0 Å². The van der Waals surface area contributed by atoms with E-state index in [0.29, 0.717) is 18.0 Å². The number of hydrogen-bond acceptors (Lipinski definition) is 6. The van der Waals surface area contributed by atoms with E-state index in [4.69, 9.17) is 21.7 Å². The van der Waals surface area contributed by atoms with Crippen LogP contribution in [-0.4, -0.2) is 35.4 Å². The minimum absolute atomic E-state index is 0.149. The van der Waals surface area contributed by atoms with E-state index in [1.807, 2.05) is 12.1 Å². The van der Waals surface area contributed by atoms with Crippen molar-refractivity contribution in [3.63, 3.8) is 0 Å². The molecule has 1 atom stereocenters. The van der Waals surface area contributed by atoms with Crippen molar-refractivity contribution in [2.24, 2.45) is 7.05 Å². The van der Waals surface area contributed by atoms with Gasteiger partial charge >= 0.3 is 0 Å². The number of benzene rings is 1. The fraction of sp³-hybridized carbons (Fsp3) is 0.375. The molecule has 1 aliphatic heterocycles. The number of hydrogen-bond donors (Lipinski definition) is 3. The highest BCUT2D eigenvalue weighted by Crippen LogP contribution is 2.38. The first-order chi connectivity index (χ1) is 11.5. The second kappa shape index (κ2) is 6.29. The van der Waals surface area contributed by atoms with Crippen LogP contribution in [0, 0.1) is 4.77 Å². The van der Waals surface area contributed by atoms with Gasteiger partial charge in [0.05, 0.1) is 25.8 Å². The summed E-state index contributed by atoms with van der Waals surface area (Å²) in [4.78, 5) is 15.0. The summed E-state index contributed by atoms with van der Waals surface area (Å²) >= 11 is 5.03. The molecule has 0 spiro atoms. The van der Waals surface area contributed by atoms with Crippen LogP contribution in [0.1, 0.15) is 22.7 Å². The Hall–Kier alpha value is -2.32. The Morgan fingerprint density at radius 1 is 1.29 bits per heavy atom. The molecule has 3 rings (SSSR count). The third-order valence-corrected chi connectivity index (χ3v) is 4.69. The normalized spacial score (nSPS) is 16.5. The molecule has 1 aromatic heterocycles. The number of aromatic amines is 1. The van der Waals surface area contributed by atoms with Crippen molar-refractivity contribution in [3.8, 4) is 17.4 Å². The van der Waals surface area contributed by atoms with Crippen LogP contribution in [0.2, 0.25) is 0 Å². The van der Waals surface area contributed by atoms with Crippen LogP contribution in [0.4, 0.5) is 0 Å². The van der Waals surface area contributed by atoms with Crippen molar-refractivity contribution in [1.82, 2.24) is 14.9 Å². The van der Waals surface area contributed by atoms with Crippen molar-refractivity contribution in [2.75, 3.05) is 20.8 Å². The first-order valence-electron chi connectivity index (χ1n) is 7.48. The zero-order chi connectivity index (χ0) is 17.4. The fourth-order valence-corrected chi connectivity index (χ4v) is 3.21. The van der Waals surface area contributed by atoms with Crippen LogP contribution >= 0.6 is 12.2 Å². The summed E-state index contributed by atoms with van der Waals surface area (Å²) in [6.45, 7) is 0.672. The van der Waals surface area contributed by atoms with Gasteiger partial charge in [-0.05, 0) is 41.9 Å². The van der Waals surface area contributed by atoms with E-state index in [-0.39, 0.29) is 16.2 Å². The highest BCUT2D eigenvalue weighted by atomic mass is 32.1. The monoisotopic (exact) mass is 349 g/mol. The lowest BCUT2D eigenvalue weighted by molar-refractivity contribution is 0.352. The Kier molecular flexibility index (Phi) is 4.33. The highest BCUT2D eigenvalue weighted by Gasteiger charge is 2.29. The molecule has 2 aromatic rings. The molecule has 8 heteroatoms. The predicted molar refractivity (Wildman–Crippen MR) is 91.6 cm³/mol. The van der Waals surface area contributed by atoms with Gasteiger partial charge in [-0.2, -0.15) is 0 Å². The first-order valence-corrected chi connectivity index (χ1v) is 7.89. The fourth-order valence-electron chi connectivity index (χ4n) is 3.03. The van der Waals surface area contributed by atoms with Crippen LogP contribution in [0.5, 0.6) is 17.4 Å². The molecule has 0 saturated heterocycles. The van der Waals surface area contributed by atoms with Crippen LogP contribution in [0.15, 0.2) is 16.9 Å². The molecule has 0 fully saturated rings. The van der Waals surface area contributed by atoms with Crippen molar-refractivity contribution in [2.45, 2.75) is 12.5 Å². The summed E-state index contributed by atoms with van der Waals surface area (Å²) < 4.78 is 12.3. The number of nitrogens with zero attached hydrogens (tertiary/aromatic N) is 1. The third-order valence-electron chi connectivity index (χ3n) is 4.32. The number of nitrogens with one attached hydrogen (secondary N) is 2. The van der Waals surface area contributed by atoms with E-state index in [9.17, 15) is 9.90 Å². The minimum atomic E-state index is -0.459. The summed E-state index contributed by atoms with van der Waals surface area (Å²) in [5.41, 5.74) is 1.74. The molecule has 0 bridgehead atoms. The summed E-state index contributed by atoms with van der Waals surface area (Å²) in [5, 5.41) is 13.7. The lowest BCUT2D eigenvalue weighted by Crippen LogP contribution is -2.35. The first kappa shape index (κ1) is 16.5. The van der Waals surface area contributed by atoms with Crippen molar-refractivity contribution < 1.29 is 14.6 Å². The van der Waals surface area contributed by atoms with Crippen molar-refractivity contribution in [3.05, 3.63) is 43.9 Å². The summed E-state index contributed by atoms with van der Waals surface area (Å²) in [5.74, 6) is 1.07. The molecule has 1 aromatic carbocycles. The van der Waals surface area contributed by atoms with E-state index < -0.39 is 11.6 Å². The molecule has 7 nitrogen and oxygen atoms in total. The topological polar surface area (TPSA) is 88.5 Å². The number of fused-ring (bicyclic) bond motifs is 1. The zero-order valence-corrected chi connectivity index (χ0v) is 14.5. The second-order valence-corrected chi connectivity index (χ2v) is 5.99. The molecule has 24 heavy (non-hydrogen) atoms.